The van der Waals surface area contributed by atoms with Crippen LogP contribution in [0.25, 0.3) is 0 Å². The Morgan fingerprint density at radius 2 is 2.29 bits per heavy atom. The van der Waals surface area contributed by atoms with Crippen LogP contribution < -0.4 is 11.1 Å². The molecule has 0 aliphatic carbocycles. The van der Waals surface area contributed by atoms with Crippen LogP contribution in [0, 0.1) is 6.92 Å². The third-order valence-electron chi connectivity index (χ3n) is 2.39. The Morgan fingerprint density at radius 3 is 2.95 bits per heavy atom. The van der Waals surface area contributed by atoms with Crippen molar-refractivity contribution in [3.63, 3.8) is 0 Å². The molecule has 0 saturated heterocycles. The first-order valence-corrected chi connectivity index (χ1v) is 6.15. The van der Waals surface area contributed by atoms with Gasteiger partial charge in [0.2, 0.25) is 0 Å². The summed E-state index contributed by atoms with van der Waals surface area (Å²) in [6.07, 6.45) is 1.31. The number of hydrogen-bond acceptors (Lipinski definition) is 7. The Labute approximate surface area is 124 Å². The lowest BCUT2D eigenvalue weighted by Crippen LogP contribution is -2.21. The molecule has 0 aliphatic heterocycles. The molecule has 2 rings (SSSR count). The molecule has 1 amide bonds. The fourth-order valence-corrected chi connectivity index (χ4v) is 1.60. The van der Waals surface area contributed by atoms with Crippen LogP contribution in [0.4, 0.5) is 11.5 Å². The number of hydrogen-bond donors (Lipinski definition) is 2. The quantitative estimate of drug-likeness (QED) is 0.647. The third kappa shape index (κ3) is 3.69. The van der Waals surface area contributed by atoms with Gasteiger partial charge < -0.3 is 20.3 Å². The summed E-state index contributed by atoms with van der Waals surface area (Å²) in [7, 11) is 0. The number of esters is 1. The first kappa shape index (κ1) is 14.8. The van der Waals surface area contributed by atoms with E-state index in [0.29, 0.717) is 5.76 Å². The van der Waals surface area contributed by atoms with Crippen molar-refractivity contribution in [2.45, 2.75) is 6.92 Å². The highest BCUT2D eigenvalue weighted by Crippen LogP contribution is 2.20. The van der Waals surface area contributed by atoms with Gasteiger partial charge in [0.25, 0.3) is 5.91 Å². The van der Waals surface area contributed by atoms with E-state index in [0.717, 1.165) is 0 Å². The zero-order chi connectivity index (χ0) is 15.4. The molecule has 9 heteroatoms. The van der Waals surface area contributed by atoms with Crippen LogP contribution in [0.15, 0.2) is 22.9 Å². The predicted molar refractivity (Wildman–Crippen MR) is 73.8 cm³/mol. The number of rotatable bonds is 4. The van der Waals surface area contributed by atoms with Gasteiger partial charge in [0.05, 0.1) is 11.3 Å². The van der Waals surface area contributed by atoms with Gasteiger partial charge in [-0.2, -0.15) is 0 Å². The highest BCUT2D eigenvalue weighted by molar-refractivity contribution is 6.32. The van der Waals surface area contributed by atoms with Gasteiger partial charge in [-0.1, -0.05) is 16.8 Å². The third-order valence-corrected chi connectivity index (χ3v) is 2.69. The molecule has 2 aromatic rings. The van der Waals surface area contributed by atoms with Crippen molar-refractivity contribution in [2.75, 3.05) is 17.7 Å². The van der Waals surface area contributed by atoms with E-state index in [2.05, 4.69) is 15.5 Å². The van der Waals surface area contributed by atoms with Gasteiger partial charge in [0, 0.05) is 12.3 Å². The molecule has 2 heterocycles. The van der Waals surface area contributed by atoms with Gasteiger partial charge in [0.1, 0.15) is 5.76 Å². The van der Waals surface area contributed by atoms with Crippen molar-refractivity contribution in [3.8, 4) is 0 Å². The molecule has 0 radical (unpaired) electrons. The molecule has 0 unspecified atom stereocenters. The van der Waals surface area contributed by atoms with E-state index in [9.17, 15) is 9.59 Å². The molecule has 3 N–H and O–H groups in total. The second kappa shape index (κ2) is 6.23. The van der Waals surface area contributed by atoms with Crippen LogP contribution in [0.2, 0.25) is 5.15 Å². The van der Waals surface area contributed by atoms with E-state index in [1.165, 1.54) is 18.3 Å². The number of anilines is 2. The van der Waals surface area contributed by atoms with Gasteiger partial charge in [-0.3, -0.25) is 4.79 Å². The maximum absolute atomic E-state index is 11.8. The largest absolute Gasteiger partial charge is 0.452 e. The lowest BCUT2D eigenvalue weighted by molar-refractivity contribution is -0.119. The monoisotopic (exact) mass is 310 g/mol. The van der Waals surface area contributed by atoms with E-state index in [-0.39, 0.29) is 22.2 Å². The molecule has 0 aliphatic rings. The molecule has 21 heavy (non-hydrogen) atoms. The Hall–Kier alpha value is -2.61. The SMILES string of the molecule is Cc1cc(NC(=O)COC(=O)c2ccnc(Cl)c2N)no1. The number of nitrogens with two attached hydrogens (primary N) is 1. The van der Waals surface area contributed by atoms with Crippen LogP contribution >= 0.6 is 11.6 Å². The second-order valence-corrected chi connectivity index (χ2v) is 4.37. The molecule has 0 fully saturated rings. The summed E-state index contributed by atoms with van der Waals surface area (Å²) in [5.74, 6) is -0.555. The minimum atomic E-state index is -0.775. The average Bonchev–Trinajstić information content (AvgIpc) is 2.84. The zero-order valence-electron chi connectivity index (χ0n) is 10.9. The van der Waals surface area contributed by atoms with Gasteiger partial charge in [-0.15, -0.1) is 0 Å². The maximum atomic E-state index is 11.8. The molecule has 2 aromatic heterocycles. The molecule has 0 saturated carbocycles. The highest BCUT2D eigenvalue weighted by atomic mass is 35.5. The lowest BCUT2D eigenvalue weighted by atomic mass is 10.2. The molecule has 8 nitrogen and oxygen atoms in total. The number of carbonyl (C=O) groups excluding carboxylic acids is 2. The van der Waals surface area contributed by atoms with Crippen molar-refractivity contribution in [3.05, 3.63) is 34.8 Å². The molecule has 0 atom stereocenters. The number of pyridine rings is 1. The molecular weight excluding hydrogens is 300 g/mol. The van der Waals surface area contributed by atoms with Gasteiger partial charge in [-0.05, 0) is 13.0 Å². The number of amides is 1. The Morgan fingerprint density at radius 1 is 1.52 bits per heavy atom. The molecule has 0 aromatic carbocycles. The van der Waals surface area contributed by atoms with E-state index >= 15 is 0 Å². The topological polar surface area (TPSA) is 120 Å². The van der Waals surface area contributed by atoms with Crippen LogP contribution in [0.1, 0.15) is 16.1 Å². The number of aryl methyl sites for hydroxylation is 1. The number of nitrogens with zero attached hydrogens (tertiary/aromatic N) is 2. The number of ether oxygens (including phenoxy) is 1. The molecule has 0 spiro atoms. The van der Waals surface area contributed by atoms with Gasteiger partial charge in [-0.25, -0.2) is 9.78 Å². The molecule has 0 bridgehead atoms. The molecular formula is C12H11ClN4O4. The summed E-state index contributed by atoms with van der Waals surface area (Å²) < 4.78 is 9.61. The van der Waals surface area contributed by atoms with E-state index in [1.54, 1.807) is 6.92 Å². The number of nitrogens with one attached hydrogen (secondary N) is 1. The Bertz CT molecular complexity index is 686. The van der Waals surface area contributed by atoms with E-state index in [1.807, 2.05) is 0 Å². The van der Waals surface area contributed by atoms with Crippen molar-refractivity contribution in [1.82, 2.24) is 10.1 Å². The zero-order valence-corrected chi connectivity index (χ0v) is 11.7. The fourth-order valence-electron chi connectivity index (χ4n) is 1.44. The average molecular weight is 311 g/mol. The van der Waals surface area contributed by atoms with Crippen molar-refractivity contribution < 1.29 is 18.8 Å². The minimum Gasteiger partial charge on any atom is -0.452 e. The number of halogens is 1. The first-order valence-electron chi connectivity index (χ1n) is 5.77. The van der Waals surface area contributed by atoms with E-state index in [4.69, 9.17) is 26.6 Å². The van der Waals surface area contributed by atoms with Crippen molar-refractivity contribution >= 4 is 35.0 Å². The summed E-state index contributed by atoms with van der Waals surface area (Å²) in [6.45, 7) is 1.18. The maximum Gasteiger partial charge on any atom is 0.340 e. The molecule has 110 valence electrons. The van der Waals surface area contributed by atoms with E-state index < -0.39 is 18.5 Å². The minimum absolute atomic E-state index is 0.00305. The summed E-state index contributed by atoms with van der Waals surface area (Å²) in [5.41, 5.74) is 5.64. The number of nitrogen functional groups attached to an aromatic ring is 1. The van der Waals surface area contributed by atoms with Crippen molar-refractivity contribution in [1.29, 1.82) is 0 Å². The summed E-state index contributed by atoms with van der Waals surface area (Å²) in [6, 6.07) is 2.88. The Kier molecular flexibility index (Phi) is 4.39. The fraction of sp³-hybridized carbons (Fsp3) is 0.167. The summed E-state index contributed by atoms with van der Waals surface area (Å²) in [4.78, 5) is 27.1. The summed E-state index contributed by atoms with van der Waals surface area (Å²) in [5, 5.41) is 5.97. The van der Waals surface area contributed by atoms with Gasteiger partial charge >= 0.3 is 5.97 Å². The van der Waals surface area contributed by atoms with Crippen LogP contribution in [-0.2, 0) is 9.53 Å². The highest BCUT2D eigenvalue weighted by Gasteiger charge is 2.16. The lowest BCUT2D eigenvalue weighted by Gasteiger charge is -2.07. The van der Waals surface area contributed by atoms with Crippen molar-refractivity contribution in [2.24, 2.45) is 0 Å². The predicted octanol–water partition coefficient (Wildman–Crippen LogP) is 1.41. The smallest absolute Gasteiger partial charge is 0.340 e. The summed E-state index contributed by atoms with van der Waals surface area (Å²) >= 11 is 5.69. The first-order chi connectivity index (χ1) is 9.97. The van der Waals surface area contributed by atoms with Crippen LogP contribution in [0.3, 0.4) is 0 Å². The second-order valence-electron chi connectivity index (χ2n) is 4.01. The standard InChI is InChI=1S/C12H11ClN4O4/c1-6-4-8(17-21-6)16-9(18)5-20-12(19)7-2-3-15-11(13)10(7)14/h2-4H,5,14H2,1H3,(H,16,17,18). The van der Waals surface area contributed by atoms with Crippen LogP contribution in [-0.4, -0.2) is 28.6 Å². The van der Waals surface area contributed by atoms with Gasteiger partial charge in [0.15, 0.2) is 17.6 Å². The normalized spacial score (nSPS) is 10.2. The number of aromatic nitrogens is 2. The number of carbonyl (C=O) groups is 2. The Balaban J connectivity index is 1.92. The van der Waals surface area contributed by atoms with Crippen LogP contribution in [0.5, 0.6) is 0 Å².